The quantitative estimate of drug-likeness (QED) is 0.630. The second kappa shape index (κ2) is 6.43. The number of nitrogens with zero attached hydrogens (tertiary/aromatic N) is 1. The Labute approximate surface area is 118 Å². The van der Waals surface area contributed by atoms with Gasteiger partial charge in [0.15, 0.2) is 0 Å². The highest BCUT2D eigenvalue weighted by Gasteiger charge is 2.25. The highest BCUT2D eigenvalue weighted by Crippen LogP contribution is 2.26. The first-order chi connectivity index (χ1) is 8.33. The van der Waals surface area contributed by atoms with Crippen molar-refractivity contribution in [3.05, 3.63) is 30.1 Å². The van der Waals surface area contributed by atoms with E-state index in [0.717, 1.165) is 11.1 Å². The number of hydrogen-bond donors (Lipinski definition) is 0. The van der Waals surface area contributed by atoms with Gasteiger partial charge in [0.25, 0.3) is 0 Å². The van der Waals surface area contributed by atoms with Gasteiger partial charge in [0.05, 0.1) is 12.8 Å². The van der Waals surface area contributed by atoms with Crippen LogP contribution < -0.4 is 5.06 Å². The summed E-state index contributed by atoms with van der Waals surface area (Å²) in [7, 11) is 1.22. The van der Waals surface area contributed by atoms with E-state index in [9.17, 15) is 9.18 Å². The fraction of sp³-hybridized carbons (Fsp3) is 0.300. The largest absolute Gasteiger partial charge is 0.443 e. The first-order valence-electron chi connectivity index (χ1n) is 4.67. The molecule has 0 radical (unpaired) electrons. The molecule has 0 aliphatic heterocycles. The molecule has 0 aromatic heterocycles. The van der Waals surface area contributed by atoms with E-state index >= 15 is 0 Å². The molecule has 0 unspecified atom stereocenters. The Morgan fingerprint density at radius 2 is 2.11 bits per heavy atom. The molecule has 0 spiro atoms. The zero-order valence-corrected chi connectivity index (χ0v) is 11.5. The van der Waals surface area contributed by atoms with Gasteiger partial charge >= 0.3 is 6.09 Å². The minimum absolute atomic E-state index is 0.159. The van der Waals surface area contributed by atoms with E-state index in [1.54, 1.807) is 0 Å². The molecule has 8 heteroatoms. The second-order valence-electron chi connectivity index (χ2n) is 3.13. The zero-order valence-electron chi connectivity index (χ0n) is 9.20. The van der Waals surface area contributed by atoms with Gasteiger partial charge in [-0.2, -0.15) is 5.06 Å². The van der Waals surface area contributed by atoms with Crippen LogP contribution in [0.1, 0.15) is 0 Å². The van der Waals surface area contributed by atoms with Crippen molar-refractivity contribution < 1.29 is 18.8 Å². The molecule has 0 atom stereocenters. The van der Waals surface area contributed by atoms with E-state index < -0.39 is 22.3 Å². The maximum absolute atomic E-state index is 13.0. The fourth-order valence-electron chi connectivity index (χ4n) is 1.09. The summed E-state index contributed by atoms with van der Waals surface area (Å²) in [5.74, 6) is -0.524. The number of benzene rings is 1. The lowest BCUT2D eigenvalue weighted by Gasteiger charge is -2.20. The van der Waals surface area contributed by atoms with Crippen LogP contribution in [0, 0.1) is 5.82 Å². The number of rotatable bonds is 3. The van der Waals surface area contributed by atoms with Gasteiger partial charge in [-0.25, -0.2) is 9.18 Å². The van der Waals surface area contributed by atoms with Crippen LogP contribution >= 0.6 is 34.8 Å². The minimum Gasteiger partial charge on any atom is -0.443 e. The number of carbonyl (C=O) groups is 1. The number of amides is 1. The monoisotopic (exact) mass is 315 g/mol. The van der Waals surface area contributed by atoms with Crippen LogP contribution in [0.4, 0.5) is 14.9 Å². The number of alkyl halides is 3. The smallest absolute Gasteiger partial charge is 0.438 e. The lowest BCUT2D eigenvalue weighted by molar-refractivity contribution is 0.101. The molecule has 4 nitrogen and oxygen atoms in total. The van der Waals surface area contributed by atoms with Crippen LogP contribution in [0.2, 0.25) is 0 Å². The van der Waals surface area contributed by atoms with Crippen LogP contribution in [0.3, 0.4) is 0 Å². The molecular weight excluding hydrogens is 307 g/mol. The van der Waals surface area contributed by atoms with E-state index in [1.807, 2.05) is 0 Å². The predicted octanol–water partition coefficient (Wildman–Crippen LogP) is 3.70. The first-order valence-corrected chi connectivity index (χ1v) is 5.80. The van der Waals surface area contributed by atoms with E-state index in [4.69, 9.17) is 44.4 Å². The zero-order chi connectivity index (χ0) is 13.8. The SMILES string of the molecule is CON(C(=O)OCC(Cl)(Cl)Cl)c1cccc(F)c1. The molecule has 0 bridgehead atoms. The fourth-order valence-corrected chi connectivity index (χ4v) is 1.25. The van der Waals surface area contributed by atoms with Gasteiger partial charge in [-0.15, -0.1) is 0 Å². The molecular formula is C10H9Cl3FNO3. The number of halogens is 4. The van der Waals surface area contributed by atoms with Crippen LogP contribution in [-0.4, -0.2) is 23.6 Å². The normalized spacial score (nSPS) is 11.2. The average molecular weight is 317 g/mol. The maximum atomic E-state index is 13.0. The molecule has 1 amide bonds. The third-order valence-electron chi connectivity index (χ3n) is 1.75. The van der Waals surface area contributed by atoms with Crippen molar-refractivity contribution in [3.8, 4) is 0 Å². The molecule has 0 heterocycles. The van der Waals surface area contributed by atoms with Crippen molar-refractivity contribution in [2.45, 2.75) is 3.79 Å². The van der Waals surface area contributed by atoms with Crippen molar-refractivity contribution >= 4 is 46.6 Å². The summed E-state index contributed by atoms with van der Waals surface area (Å²) in [6.45, 7) is -0.453. The second-order valence-corrected chi connectivity index (χ2v) is 5.64. The summed E-state index contributed by atoms with van der Waals surface area (Å²) < 4.78 is 16.0. The molecule has 18 heavy (non-hydrogen) atoms. The topological polar surface area (TPSA) is 38.8 Å². The highest BCUT2D eigenvalue weighted by atomic mass is 35.6. The molecule has 0 saturated heterocycles. The Morgan fingerprint density at radius 3 is 2.61 bits per heavy atom. The Hall–Kier alpha value is -0.750. The van der Waals surface area contributed by atoms with Gasteiger partial charge in [-0.1, -0.05) is 40.9 Å². The molecule has 0 fully saturated rings. The Bertz CT molecular complexity index is 425. The molecule has 1 aromatic carbocycles. The van der Waals surface area contributed by atoms with Crippen molar-refractivity contribution in [3.63, 3.8) is 0 Å². The van der Waals surface area contributed by atoms with E-state index in [1.165, 1.54) is 25.3 Å². The summed E-state index contributed by atoms with van der Waals surface area (Å²) in [5, 5.41) is 0.736. The Balaban J connectivity index is 2.75. The molecule has 0 aliphatic rings. The van der Waals surface area contributed by atoms with Crippen LogP contribution in [-0.2, 0) is 9.57 Å². The van der Waals surface area contributed by atoms with E-state index in [2.05, 4.69) is 0 Å². The standard InChI is InChI=1S/C10H9Cl3FNO3/c1-17-15(8-4-2-3-7(14)5-8)9(16)18-6-10(11,12)13/h2-5H,6H2,1H3. The molecule has 0 aliphatic carbocycles. The van der Waals surface area contributed by atoms with E-state index in [0.29, 0.717) is 0 Å². The van der Waals surface area contributed by atoms with Crippen LogP contribution in [0.5, 0.6) is 0 Å². The van der Waals surface area contributed by atoms with E-state index in [-0.39, 0.29) is 5.69 Å². The van der Waals surface area contributed by atoms with Crippen molar-refractivity contribution in [2.75, 3.05) is 18.8 Å². The summed E-state index contributed by atoms with van der Waals surface area (Å²) >= 11 is 16.3. The molecule has 0 N–H and O–H groups in total. The van der Waals surface area contributed by atoms with Crippen LogP contribution in [0.15, 0.2) is 24.3 Å². The van der Waals surface area contributed by atoms with Crippen LogP contribution in [0.25, 0.3) is 0 Å². The number of hydroxylamine groups is 1. The maximum Gasteiger partial charge on any atom is 0.438 e. The number of anilines is 1. The molecule has 1 aromatic rings. The van der Waals surface area contributed by atoms with Crippen molar-refractivity contribution in [1.82, 2.24) is 0 Å². The molecule has 1 rings (SSSR count). The van der Waals surface area contributed by atoms with Gasteiger partial charge in [0, 0.05) is 6.07 Å². The summed E-state index contributed by atoms with van der Waals surface area (Å²) in [6, 6.07) is 5.20. The number of carbonyl (C=O) groups excluding carboxylic acids is 1. The number of hydrogen-bond acceptors (Lipinski definition) is 3. The average Bonchev–Trinajstić information content (AvgIpc) is 2.26. The van der Waals surface area contributed by atoms with Gasteiger partial charge in [-0.3, -0.25) is 4.84 Å². The highest BCUT2D eigenvalue weighted by molar-refractivity contribution is 6.67. The number of ether oxygens (including phenoxy) is 1. The molecule has 0 saturated carbocycles. The third kappa shape index (κ3) is 4.86. The van der Waals surface area contributed by atoms with Gasteiger partial charge in [0.2, 0.25) is 3.79 Å². The third-order valence-corrected chi connectivity index (χ3v) is 2.08. The lowest BCUT2D eigenvalue weighted by Crippen LogP contribution is -2.32. The van der Waals surface area contributed by atoms with Crippen molar-refractivity contribution in [1.29, 1.82) is 0 Å². The predicted molar refractivity (Wildman–Crippen MR) is 67.5 cm³/mol. The Kier molecular flexibility index (Phi) is 5.47. The Morgan fingerprint density at radius 1 is 1.44 bits per heavy atom. The minimum atomic E-state index is -1.73. The van der Waals surface area contributed by atoms with Gasteiger partial charge in [-0.05, 0) is 12.1 Å². The first kappa shape index (κ1) is 15.3. The van der Waals surface area contributed by atoms with Gasteiger partial charge in [0.1, 0.15) is 12.4 Å². The summed E-state index contributed by atoms with van der Waals surface area (Å²) in [6.07, 6.45) is -0.922. The molecule has 100 valence electrons. The summed E-state index contributed by atoms with van der Waals surface area (Å²) in [5.41, 5.74) is 0.159. The lowest BCUT2D eigenvalue weighted by atomic mass is 10.3. The van der Waals surface area contributed by atoms with Gasteiger partial charge < -0.3 is 4.74 Å². The summed E-state index contributed by atoms with van der Waals surface area (Å²) in [4.78, 5) is 16.4. The van der Waals surface area contributed by atoms with Crippen molar-refractivity contribution in [2.24, 2.45) is 0 Å².